The summed E-state index contributed by atoms with van der Waals surface area (Å²) in [5.41, 5.74) is 6.24. The second kappa shape index (κ2) is 9.28. The van der Waals surface area contributed by atoms with Crippen LogP contribution in [-0.4, -0.2) is 4.98 Å². The first-order valence-corrected chi connectivity index (χ1v) is 16.1. The fraction of sp³-hybridized carbons (Fsp3) is 0.125. The van der Waals surface area contributed by atoms with Gasteiger partial charge < -0.3 is 10.2 Å². The molecular weight excluding hydrogens is 555 g/mol. The van der Waals surface area contributed by atoms with Crippen molar-refractivity contribution in [3.63, 3.8) is 0 Å². The van der Waals surface area contributed by atoms with E-state index in [1.165, 1.54) is 76.0 Å². The number of nitrogens with zero attached hydrogens (tertiary/aromatic N) is 2. The molecule has 0 aliphatic carbocycles. The first-order valence-electron chi connectivity index (χ1n) is 15.3. The van der Waals surface area contributed by atoms with Crippen LogP contribution in [0.3, 0.4) is 0 Å². The molecule has 0 amide bonds. The Morgan fingerprint density at radius 2 is 1.39 bits per heavy atom. The zero-order valence-electron chi connectivity index (χ0n) is 24.9. The van der Waals surface area contributed by atoms with Gasteiger partial charge in [0.1, 0.15) is 11.0 Å². The lowest BCUT2D eigenvalue weighted by Gasteiger charge is -2.29. The van der Waals surface area contributed by atoms with Crippen molar-refractivity contribution < 1.29 is 0 Å². The summed E-state index contributed by atoms with van der Waals surface area (Å²) in [5, 5.41) is 14.1. The molecule has 0 fully saturated rings. The molecule has 1 unspecified atom stereocenters. The van der Waals surface area contributed by atoms with E-state index in [0.29, 0.717) is 0 Å². The Balaban J connectivity index is 1.29. The number of benzene rings is 6. The van der Waals surface area contributed by atoms with Crippen LogP contribution >= 0.6 is 11.3 Å². The van der Waals surface area contributed by atoms with Crippen LogP contribution in [0.2, 0.25) is 0 Å². The first-order chi connectivity index (χ1) is 21.5. The lowest BCUT2D eigenvalue weighted by Crippen LogP contribution is -2.23. The fourth-order valence-corrected chi connectivity index (χ4v) is 8.26. The highest BCUT2D eigenvalue weighted by Gasteiger charge is 2.34. The summed E-state index contributed by atoms with van der Waals surface area (Å²) >= 11 is 1.80. The Bertz CT molecular complexity index is 2410. The van der Waals surface area contributed by atoms with Gasteiger partial charge in [0.15, 0.2) is 0 Å². The Morgan fingerprint density at radius 1 is 0.659 bits per heavy atom. The number of pyridine rings is 1. The van der Waals surface area contributed by atoms with Crippen LogP contribution in [0.4, 0.5) is 17.1 Å². The molecule has 0 radical (unpaired) electrons. The van der Waals surface area contributed by atoms with Crippen molar-refractivity contribution in [2.24, 2.45) is 0 Å². The molecule has 8 aromatic rings. The van der Waals surface area contributed by atoms with Crippen molar-refractivity contribution in [2.75, 3.05) is 10.2 Å². The van der Waals surface area contributed by atoms with Gasteiger partial charge in [-0.25, -0.2) is 4.98 Å². The molecule has 3 heterocycles. The number of rotatable bonds is 2. The third-order valence-electron chi connectivity index (χ3n) is 9.29. The van der Waals surface area contributed by atoms with E-state index in [1.807, 2.05) is 6.20 Å². The molecule has 0 saturated carbocycles. The maximum atomic E-state index is 4.92. The molecule has 1 aliphatic rings. The van der Waals surface area contributed by atoms with Crippen molar-refractivity contribution >= 4 is 81.0 Å². The van der Waals surface area contributed by atoms with Gasteiger partial charge in [0.25, 0.3) is 0 Å². The molecule has 2 aromatic heterocycles. The third-order valence-corrected chi connectivity index (χ3v) is 10.4. The first kappa shape index (κ1) is 25.6. The van der Waals surface area contributed by atoms with Gasteiger partial charge in [-0.3, -0.25) is 0 Å². The van der Waals surface area contributed by atoms with Crippen molar-refractivity contribution in [1.82, 2.24) is 4.98 Å². The molecule has 9 rings (SSSR count). The number of hydrogen-bond donors (Lipinski definition) is 1. The quantitative estimate of drug-likeness (QED) is 0.205. The summed E-state index contributed by atoms with van der Waals surface area (Å²) < 4.78 is 1.28. The van der Waals surface area contributed by atoms with E-state index in [4.69, 9.17) is 4.98 Å². The molecule has 0 spiro atoms. The van der Waals surface area contributed by atoms with Gasteiger partial charge in [-0.05, 0) is 50.7 Å². The molecule has 1 aliphatic heterocycles. The van der Waals surface area contributed by atoms with Gasteiger partial charge in [0.2, 0.25) is 0 Å². The third kappa shape index (κ3) is 3.71. The van der Waals surface area contributed by atoms with Crippen molar-refractivity contribution in [2.45, 2.75) is 32.4 Å². The van der Waals surface area contributed by atoms with E-state index >= 15 is 0 Å². The van der Waals surface area contributed by atoms with Gasteiger partial charge in [-0.2, -0.15) is 0 Å². The Morgan fingerprint density at radius 3 is 2.20 bits per heavy atom. The second-order valence-electron chi connectivity index (χ2n) is 12.9. The van der Waals surface area contributed by atoms with Gasteiger partial charge in [0.05, 0.1) is 11.4 Å². The summed E-state index contributed by atoms with van der Waals surface area (Å²) in [4.78, 5) is 8.49. The maximum absolute atomic E-state index is 4.92. The molecule has 6 aromatic carbocycles. The highest BCUT2D eigenvalue weighted by Crippen LogP contribution is 2.52. The summed E-state index contributed by atoms with van der Waals surface area (Å²) in [6, 6.07) is 42.3. The van der Waals surface area contributed by atoms with Crippen molar-refractivity contribution in [3.8, 4) is 0 Å². The van der Waals surface area contributed by atoms with E-state index in [9.17, 15) is 0 Å². The summed E-state index contributed by atoms with van der Waals surface area (Å²) in [7, 11) is 0. The molecule has 4 heteroatoms. The van der Waals surface area contributed by atoms with Crippen molar-refractivity contribution in [3.05, 3.63) is 133 Å². The highest BCUT2D eigenvalue weighted by atomic mass is 32.1. The van der Waals surface area contributed by atoms with Crippen LogP contribution in [-0.2, 0) is 5.41 Å². The molecule has 3 nitrogen and oxygen atoms in total. The molecule has 0 bridgehead atoms. The molecular formula is C40H31N3S. The predicted octanol–water partition coefficient (Wildman–Crippen LogP) is 11.5. The number of nitrogens with one attached hydrogen (secondary N) is 1. The number of fused-ring (bicyclic) bond motifs is 10. The molecule has 44 heavy (non-hydrogen) atoms. The minimum atomic E-state index is -0.0782. The summed E-state index contributed by atoms with van der Waals surface area (Å²) in [6.07, 6.45) is 1.93. The second-order valence-corrected chi connectivity index (χ2v) is 13.9. The van der Waals surface area contributed by atoms with E-state index < -0.39 is 0 Å². The molecule has 1 N–H and O–H groups in total. The smallest absolute Gasteiger partial charge is 0.132 e. The highest BCUT2D eigenvalue weighted by molar-refractivity contribution is 7.25. The minimum Gasteiger partial charge on any atom is -0.359 e. The number of anilines is 3. The van der Waals surface area contributed by atoms with Crippen LogP contribution in [0.1, 0.15) is 38.1 Å². The summed E-state index contributed by atoms with van der Waals surface area (Å²) in [6.45, 7) is 6.82. The van der Waals surface area contributed by atoms with Gasteiger partial charge in [0, 0.05) is 43.7 Å². The zero-order chi connectivity index (χ0) is 29.6. The van der Waals surface area contributed by atoms with E-state index in [0.717, 1.165) is 4.83 Å². The standard InChI is InChI=1S/C40H31N3S/c1-40(2,3)26-16-18-27(19-17-26)43-34-22-21-30-28-11-6-4-9-24(28)15-20-31(30)36(34)42-38(43)33-14-8-13-32-35-29-12-7-5-10-25(29)23-41-39(35)44-37(32)33/h4-23,38,42H,1-3H3. The van der Waals surface area contributed by atoms with E-state index in [1.54, 1.807) is 11.3 Å². The largest absolute Gasteiger partial charge is 0.359 e. The monoisotopic (exact) mass is 585 g/mol. The average molecular weight is 586 g/mol. The van der Waals surface area contributed by atoms with Crippen LogP contribution in [0.25, 0.3) is 52.6 Å². The molecule has 0 saturated heterocycles. The topological polar surface area (TPSA) is 28.2 Å². The lowest BCUT2D eigenvalue weighted by molar-refractivity contribution is 0.590. The Labute approximate surface area is 260 Å². The SMILES string of the molecule is CC(C)(C)c1ccc(N2c3ccc4c(ccc5ccccc54)c3NC2c2cccc3c2sc2ncc4ccccc4c23)cc1. The maximum Gasteiger partial charge on any atom is 0.132 e. The van der Waals surface area contributed by atoms with Gasteiger partial charge >= 0.3 is 0 Å². The Hall–Kier alpha value is -4.93. The molecule has 212 valence electrons. The zero-order valence-corrected chi connectivity index (χ0v) is 25.7. The van der Waals surface area contributed by atoms with Crippen LogP contribution < -0.4 is 10.2 Å². The van der Waals surface area contributed by atoms with Crippen LogP contribution in [0, 0.1) is 0 Å². The van der Waals surface area contributed by atoms with Crippen molar-refractivity contribution in [1.29, 1.82) is 0 Å². The number of aromatic nitrogens is 1. The Kier molecular flexibility index (Phi) is 5.39. The lowest BCUT2D eigenvalue weighted by atomic mass is 9.87. The minimum absolute atomic E-state index is 0.0782. The van der Waals surface area contributed by atoms with Gasteiger partial charge in [-0.15, -0.1) is 11.3 Å². The fourth-order valence-electron chi connectivity index (χ4n) is 7.06. The average Bonchev–Trinajstić information content (AvgIpc) is 3.63. The van der Waals surface area contributed by atoms with E-state index in [2.05, 4.69) is 146 Å². The van der Waals surface area contributed by atoms with Crippen LogP contribution in [0.5, 0.6) is 0 Å². The normalized spacial score (nSPS) is 15.1. The van der Waals surface area contributed by atoms with Crippen LogP contribution in [0.15, 0.2) is 121 Å². The molecule has 1 atom stereocenters. The van der Waals surface area contributed by atoms with Gasteiger partial charge in [-0.1, -0.05) is 118 Å². The summed E-state index contributed by atoms with van der Waals surface area (Å²) in [5.74, 6) is 0. The van der Waals surface area contributed by atoms with E-state index in [-0.39, 0.29) is 11.6 Å². The number of hydrogen-bond acceptors (Lipinski definition) is 4. The number of thiophene rings is 1. The predicted molar refractivity (Wildman–Crippen MR) is 190 cm³/mol.